The minimum absolute atomic E-state index is 0.0339. The zero-order valence-electron chi connectivity index (χ0n) is 21.5. The maximum absolute atomic E-state index is 13.4. The lowest BCUT2D eigenvalue weighted by molar-refractivity contribution is -0.126. The van der Waals surface area contributed by atoms with Crippen LogP contribution in [0.5, 0.6) is 0 Å². The number of hydrazine groups is 1. The van der Waals surface area contributed by atoms with Crippen molar-refractivity contribution in [1.29, 1.82) is 0 Å². The number of nitrogens with zero attached hydrogens (tertiary/aromatic N) is 2. The number of amides is 3. The minimum Gasteiger partial charge on any atom is -0.443 e. The number of hydrogen-bond acceptors (Lipinski definition) is 5. The van der Waals surface area contributed by atoms with Crippen molar-refractivity contribution < 1.29 is 23.9 Å². The largest absolute Gasteiger partial charge is 0.443 e. The molecule has 2 aliphatic rings. The maximum atomic E-state index is 13.4. The normalized spacial score (nSPS) is 19.2. The average Bonchev–Trinajstić information content (AvgIpc) is 3.55. The van der Waals surface area contributed by atoms with Crippen molar-refractivity contribution in [2.45, 2.75) is 32.2 Å². The van der Waals surface area contributed by atoms with Crippen LogP contribution in [0.4, 0.5) is 9.59 Å². The Hall–Kier alpha value is -4.85. The van der Waals surface area contributed by atoms with E-state index in [-0.39, 0.29) is 31.1 Å². The Morgan fingerprint density at radius 3 is 1.95 bits per heavy atom. The van der Waals surface area contributed by atoms with E-state index in [0.717, 1.165) is 27.4 Å². The highest BCUT2D eigenvalue weighted by Crippen LogP contribution is 2.41. The fourth-order valence-corrected chi connectivity index (χ4v) is 4.93. The molecule has 0 aromatic heterocycles. The van der Waals surface area contributed by atoms with Crippen molar-refractivity contribution in [3.05, 3.63) is 126 Å². The second kappa shape index (κ2) is 11.7. The Kier molecular flexibility index (Phi) is 7.73. The van der Waals surface area contributed by atoms with Gasteiger partial charge < -0.3 is 14.4 Å². The van der Waals surface area contributed by atoms with E-state index in [0.29, 0.717) is 0 Å². The SMILES string of the molecule is CC(=O)N1C(c2ccccc2)=C[C@H]2C(N(NC(=O)OCc3ccccc3)C(=O)OCc3ccccc3)C=C[C@H]21. The van der Waals surface area contributed by atoms with Gasteiger partial charge in [0.25, 0.3) is 0 Å². The summed E-state index contributed by atoms with van der Waals surface area (Å²) in [5.41, 5.74) is 5.87. The molecule has 0 radical (unpaired) electrons. The van der Waals surface area contributed by atoms with Crippen LogP contribution in [0.1, 0.15) is 23.6 Å². The summed E-state index contributed by atoms with van der Waals surface area (Å²) < 4.78 is 11.0. The Morgan fingerprint density at radius 1 is 0.795 bits per heavy atom. The summed E-state index contributed by atoms with van der Waals surface area (Å²) in [7, 11) is 0. The molecule has 1 unspecified atom stereocenters. The lowest BCUT2D eigenvalue weighted by atomic mass is 9.99. The predicted octanol–water partition coefficient (Wildman–Crippen LogP) is 5.29. The van der Waals surface area contributed by atoms with Gasteiger partial charge in [0.05, 0.1) is 12.1 Å². The molecule has 0 saturated heterocycles. The van der Waals surface area contributed by atoms with Gasteiger partial charge in [0, 0.05) is 18.5 Å². The van der Waals surface area contributed by atoms with Crippen LogP contribution in [0.3, 0.4) is 0 Å². The van der Waals surface area contributed by atoms with Crippen molar-refractivity contribution >= 4 is 23.8 Å². The van der Waals surface area contributed by atoms with Gasteiger partial charge in [-0.3, -0.25) is 4.79 Å². The van der Waals surface area contributed by atoms with Crippen LogP contribution < -0.4 is 5.43 Å². The maximum Gasteiger partial charge on any atom is 0.429 e. The standard InChI is InChI=1S/C31H29N3O5/c1-22(35)33-27-17-18-28(26(27)19-29(33)25-15-9-4-10-16-25)34(31(37)39-21-24-13-7-3-8-14-24)32-30(36)38-20-23-11-5-2-6-12-23/h2-19,26-28H,20-21H2,1H3,(H,32,36)/t26-,27-,28?/m1/s1. The zero-order valence-corrected chi connectivity index (χ0v) is 21.5. The number of ether oxygens (including phenoxy) is 2. The van der Waals surface area contributed by atoms with Crippen LogP contribution in [-0.2, 0) is 27.5 Å². The van der Waals surface area contributed by atoms with Gasteiger partial charge in [-0.15, -0.1) is 0 Å². The van der Waals surface area contributed by atoms with Crippen LogP contribution in [0.2, 0.25) is 0 Å². The van der Waals surface area contributed by atoms with Crippen LogP contribution in [0.25, 0.3) is 5.70 Å². The van der Waals surface area contributed by atoms with E-state index in [1.54, 1.807) is 4.90 Å². The van der Waals surface area contributed by atoms with Gasteiger partial charge in [0.1, 0.15) is 13.2 Å². The number of fused-ring (bicyclic) bond motifs is 1. The van der Waals surface area contributed by atoms with Crippen molar-refractivity contribution in [2.24, 2.45) is 5.92 Å². The van der Waals surface area contributed by atoms with Gasteiger partial charge in [-0.1, -0.05) is 109 Å². The molecule has 8 nitrogen and oxygen atoms in total. The summed E-state index contributed by atoms with van der Waals surface area (Å²) in [6.07, 6.45) is 4.14. The molecule has 3 aromatic rings. The summed E-state index contributed by atoms with van der Waals surface area (Å²) in [5, 5.41) is 1.15. The molecule has 3 atom stereocenters. The molecule has 3 aromatic carbocycles. The van der Waals surface area contributed by atoms with E-state index in [2.05, 4.69) is 5.43 Å². The number of hydrogen-bond donors (Lipinski definition) is 1. The number of rotatable bonds is 6. The zero-order chi connectivity index (χ0) is 27.2. The Morgan fingerprint density at radius 2 is 1.36 bits per heavy atom. The van der Waals surface area contributed by atoms with Gasteiger partial charge in [-0.2, -0.15) is 0 Å². The lowest BCUT2D eigenvalue weighted by Gasteiger charge is -2.31. The van der Waals surface area contributed by atoms with Gasteiger partial charge in [-0.05, 0) is 16.7 Å². The van der Waals surface area contributed by atoms with Gasteiger partial charge >= 0.3 is 12.2 Å². The number of carbonyl (C=O) groups is 3. The van der Waals surface area contributed by atoms with E-state index in [1.165, 1.54) is 6.92 Å². The van der Waals surface area contributed by atoms with Gasteiger partial charge in [0.2, 0.25) is 5.91 Å². The first-order valence-corrected chi connectivity index (χ1v) is 12.7. The lowest BCUT2D eigenvalue weighted by Crippen LogP contribution is -2.54. The number of carbonyl (C=O) groups excluding carboxylic acids is 3. The summed E-state index contributed by atoms with van der Waals surface area (Å²) in [4.78, 5) is 40.6. The van der Waals surface area contributed by atoms with Crippen LogP contribution >= 0.6 is 0 Å². The number of nitrogens with one attached hydrogen (secondary N) is 1. The first-order valence-electron chi connectivity index (χ1n) is 12.7. The first-order chi connectivity index (χ1) is 19.0. The molecule has 0 bridgehead atoms. The van der Waals surface area contributed by atoms with Gasteiger partial charge in [0.15, 0.2) is 0 Å². The summed E-state index contributed by atoms with van der Waals surface area (Å²) in [6, 6.07) is 27.2. The molecule has 198 valence electrons. The Labute approximate surface area is 227 Å². The Balaban J connectivity index is 1.38. The summed E-state index contributed by atoms with van der Waals surface area (Å²) in [5.74, 6) is -0.417. The molecular formula is C31H29N3O5. The highest BCUT2D eigenvalue weighted by Gasteiger charge is 2.46. The predicted molar refractivity (Wildman–Crippen MR) is 145 cm³/mol. The third-order valence-corrected chi connectivity index (χ3v) is 6.74. The van der Waals surface area contributed by atoms with Gasteiger partial charge in [-0.25, -0.2) is 20.0 Å². The second-order valence-electron chi connectivity index (χ2n) is 9.33. The van der Waals surface area contributed by atoms with E-state index in [4.69, 9.17) is 9.47 Å². The van der Waals surface area contributed by atoms with Crippen LogP contribution in [-0.4, -0.2) is 40.1 Å². The number of benzene rings is 3. The smallest absolute Gasteiger partial charge is 0.429 e. The molecule has 8 heteroatoms. The quantitative estimate of drug-likeness (QED) is 0.350. The highest BCUT2D eigenvalue weighted by atomic mass is 16.6. The molecule has 1 heterocycles. The highest BCUT2D eigenvalue weighted by molar-refractivity contribution is 5.88. The topological polar surface area (TPSA) is 88.2 Å². The third-order valence-electron chi connectivity index (χ3n) is 6.74. The minimum atomic E-state index is -0.791. The molecule has 5 rings (SSSR count). The Bertz CT molecular complexity index is 1380. The van der Waals surface area contributed by atoms with Crippen LogP contribution in [0, 0.1) is 5.92 Å². The molecule has 1 N–H and O–H groups in total. The fourth-order valence-electron chi connectivity index (χ4n) is 4.93. The molecule has 1 aliphatic heterocycles. The summed E-state index contributed by atoms with van der Waals surface area (Å²) in [6.45, 7) is 1.60. The van der Waals surface area contributed by atoms with E-state index < -0.39 is 18.2 Å². The van der Waals surface area contributed by atoms with Crippen molar-refractivity contribution in [3.8, 4) is 0 Å². The molecule has 39 heavy (non-hydrogen) atoms. The monoisotopic (exact) mass is 523 g/mol. The molecule has 0 spiro atoms. The molecule has 3 amide bonds. The van der Waals surface area contributed by atoms with Crippen molar-refractivity contribution in [1.82, 2.24) is 15.3 Å². The van der Waals surface area contributed by atoms with E-state index in [1.807, 2.05) is 109 Å². The molecule has 1 aliphatic carbocycles. The second-order valence-corrected chi connectivity index (χ2v) is 9.33. The average molecular weight is 524 g/mol. The third kappa shape index (κ3) is 5.85. The van der Waals surface area contributed by atoms with E-state index in [9.17, 15) is 14.4 Å². The van der Waals surface area contributed by atoms with E-state index >= 15 is 0 Å². The molecule has 0 saturated carbocycles. The molecule has 0 fully saturated rings. The first kappa shape index (κ1) is 25.8. The van der Waals surface area contributed by atoms with Crippen LogP contribution in [0.15, 0.2) is 109 Å². The van der Waals surface area contributed by atoms with Crippen molar-refractivity contribution in [3.63, 3.8) is 0 Å². The molecular weight excluding hydrogens is 494 g/mol. The van der Waals surface area contributed by atoms with Crippen molar-refractivity contribution in [2.75, 3.05) is 0 Å². The summed E-state index contributed by atoms with van der Waals surface area (Å²) >= 11 is 0. The fraction of sp³-hybridized carbons (Fsp3) is 0.194.